The van der Waals surface area contributed by atoms with Crippen LogP contribution in [-0.4, -0.2) is 66.9 Å². The molecule has 176 valence electrons. The number of methoxy groups -OCH3 is 1. The number of Topliss-reactive ketones (excluding diaryl/α,β-unsaturated/α-hetero) is 2. The van der Waals surface area contributed by atoms with Gasteiger partial charge in [0.1, 0.15) is 10.3 Å². The number of hydrogen-bond donors (Lipinski definition) is 0. The molecule has 2 aliphatic rings. The van der Waals surface area contributed by atoms with Crippen molar-refractivity contribution in [2.45, 2.75) is 44.5 Å². The molecule has 1 aliphatic carbocycles. The van der Waals surface area contributed by atoms with E-state index in [1.54, 1.807) is 12.1 Å². The van der Waals surface area contributed by atoms with Crippen molar-refractivity contribution < 1.29 is 47.7 Å². The monoisotopic (exact) mass is 478 g/mol. The summed E-state index contributed by atoms with van der Waals surface area (Å²) < 4.78 is 26.8. The molecule has 33 heavy (non-hydrogen) atoms. The molecule has 0 radical (unpaired) electrons. The zero-order valence-corrected chi connectivity index (χ0v) is 19.1. The van der Waals surface area contributed by atoms with Crippen LogP contribution in [0.2, 0.25) is 0 Å². The van der Waals surface area contributed by atoms with Crippen molar-refractivity contribution in [2.75, 3.05) is 13.7 Å². The molecule has 0 spiro atoms. The number of hydrogen-bond acceptors (Lipinski definition) is 11. The minimum Gasteiger partial charge on any atom is -0.491 e. The number of ether oxygens (including phenoxy) is 5. The Labute approximate surface area is 193 Å². The van der Waals surface area contributed by atoms with Crippen LogP contribution in [0.3, 0.4) is 0 Å². The Morgan fingerprint density at radius 3 is 1.97 bits per heavy atom. The van der Waals surface area contributed by atoms with Gasteiger partial charge >= 0.3 is 17.9 Å². The lowest BCUT2D eigenvalue weighted by atomic mass is 9.93. The molecule has 0 amide bonds. The Morgan fingerprint density at radius 1 is 0.879 bits per heavy atom. The van der Waals surface area contributed by atoms with E-state index in [2.05, 4.69) is 0 Å². The lowest BCUT2D eigenvalue weighted by Crippen LogP contribution is -2.56. The van der Waals surface area contributed by atoms with E-state index < -0.39 is 53.2 Å². The summed E-state index contributed by atoms with van der Waals surface area (Å²) >= 11 is 0.804. The number of thioether (sulfide) groups is 1. The molecule has 1 aromatic rings. The minimum atomic E-state index is -1.25. The highest BCUT2D eigenvalue weighted by Crippen LogP contribution is 2.40. The molecule has 0 aromatic heterocycles. The van der Waals surface area contributed by atoms with Crippen LogP contribution >= 0.6 is 11.8 Å². The van der Waals surface area contributed by atoms with E-state index in [9.17, 15) is 24.0 Å². The first-order valence-electron chi connectivity index (χ1n) is 9.90. The number of benzene rings is 1. The van der Waals surface area contributed by atoms with E-state index >= 15 is 0 Å². The minimum absolute atomic E-state index is 0.0455. The largest absolute Gasteiger partial charge is 0.491 e. The molecule has 0 N–H and O–H groups in total. The molecule has 1 saturated heterocycles. The molecule has 3 rings (SSSR count). The Balaban J connectivity index is 1.98. The molecule has 1 fully saturated rings. The third-order valence-electron chi connectivity index (χ3n) is 4.78. The van der Waals surface area contributed by atoms with Crippen LogP contribution < -0.4 is 0 Å². The molecule has 1 heterocycles. The standard InChI is InChI=1S/C22H22O10S/c1-10(23)30-15-9-29-22(20(32-12(3)25)18(15)31-11(2)24)33-21-17(27)14-8-6-5-7-13(14)16(26)19(21)28-4/h5-8,15,18,20,22H,9H2,1-4H3/t15-,18-,20+,22-/m0/s1. The third kappa shape index (κ3) is 5.25. The highest BCUT2D eigenvalue weighted by Gasteiger charge is 2.49. The average molecular weight is 478 g/mol. The second-order valence-electron chi connectivity index (χ2n) is 7.18. The maximum Gasteiger partial charge on any atom is 0.303 e. The lowest BCUT2D eigenvalue weighted by Gasteiger charge is -2.40. The van der Waals surface area contributed by atoms with E-state index in [-0.39, 0.29) is 28.4 Å². The number of ketones is 2. The summed E-state index contributed by atoms with van der Waals surface area (Å²) in [5.41, 5.74) is -0.676. The van der Waals surface area contributed by atoms with Crippen LogP contribution in [-0.2, 0) is 38.1 Å². The summed E-state index contributed by atoms with van der Waals surface area (Å²) in [5, 5.41) is 0. The Hall–Kier alpha value is -3.18. The quantitative estimate of drug-likeness (QED) is 0.438. The van der Waals surface area contributed by atoms with Gasteiger partial charge in [-0.15, -0.1) is 0 Å². The van der Waals surface area contributed by atoms with Crippen LogP contribution in [0.15, 0.2) is 34.9 Å². The maximum absolute atomic E-state index is 13.2. The van der Waals surface area contributed by atoms with Gasteiger partial charge in [0.25, 0.3) is 0 Å². The van der Waals surface area contributed by atoms with Gasteiger partial charge in [0.2, 0.25) is 11.6 Å². The van der Waals surface area contributed by atoms with Gasteiger partial charge < -0.3 is 23.7 Å². The normalized spacial score (nSPS) is 24.6. The van der Waals surface area contributed by atoms with Crippen molar-refractivity contribution >= 4 is 41.2 Å². The van der Waals surface area contributed by atoms with Crippen LogP contribution in [0.25, 0.3) is 0 Å². The Bertz CT molecular complexity index is 1030. The van der Waals surface area contributed by atoms with Crippen molar-refractivity contribution in [3.8, 4) is 0 Å². The van der Waals surface area contributed by atoms with E-state index in [1.807, 2.05) is 0 Å². The number of carbonyl (C=O) groups is 5. The first-order valence-corrected chi connectivity index (χ1v) is 10.8. The van der Waals surface area contributed by atoms with E-state index in [0.717, 1.165) is 25.6 Å². The Morgan fingerprint density at radius 2 is 1.42 bits per heavy atom. The first kappa shape index (κ1) is 24.5. The van der Waals surface area contributed by atoms with E-state index in [4.69, 9.17) is 23.7 Å². The van der Waals surface area contributed by atoms with Crippen LogP contribution in [0.1, 0.15) is 41.5 Å². The molecule has 4 atom stereocenters. The van der Waals surface area contributed by atoms with Crippen molar-refractivity contribution in [1.29, 1.82) is 0 Å². The maximum atomic E-state index is 13.2. The zero-order valence-electron chi connectivity index (χ0n) is 18.3. The number of carbonyl (C=O) groups excluding carboxylic acids is 5. The summed E-state index contributed by atoms with van der Waals surface area (Å²) in [4.78, 5) is 61.1. The van der Waals surface area contributed by atoms with Gasteiger partial charge in [-0.05, 0) is 0 Å². The molecular weight excluding hydrogens is 456 g/mol. The Kier molecular flexibility index (Phi) is 7.54. The second-order valence-corrected chi connectivity index (χ2v) is 8.29. The summed E-state index contributed by atoms with van der Waals surface area (Å²) in [6.07, 6.45) is -3.50. The van der Waals surface area contributed by atoms with E-state index in [1.165, 1.54) is 26.2 Å². The van der Waals surface area contributed by atoms with Gasteiger partial charge in [0.15, 0.2) is 24.1 Å². The second kappa shape index (κ2) is 10.2. The molecule has 10 nitrogen and oxygen atoms in total. The highest BCUT2D eigenvalue weighted by atomic mass is 32.2. The van der Waals surface area contributed by atoms with Gasteiger partial charge in [-0.2, -0.15) is 0 Å². The smallest absolute Gasteiger partial charge is 0.303 e. The van der Waals surface area contributed by atoms with Crippen LogP contribution in [0.5, 0.6) is 0 Å². The summed E-state index contributed by atoms with van der Waals surface area (Å²) in [7, 11) is 1.26. The average Bonchev–Trinajstić information content (AvgIpc) is 2.75. The van der Waals surface area contributed by atoms with Crippen molar-refractivity contribution in [3.05, 3.63) is 46.1 Å². The van der Waals surface area contributed by atoms with Gasteiger partial charge in [0, 0.05) is 31.9 Å². The van der Waals surface area contributed by atoms with Gasteiger partial charge in [-0.3, -0.25) is 24.0 Å². The molecule has 1 aliphatic heterocycles. The van der Waals surface area contributed by atoms with Crippen LogP contribution in [0, 0.1) is 0 Å². The molecule has 11 heteroatoms. The summed E-state index contributed by atoms with van der Waals surface area (Å²) in [6.45, 7) is 3.26. The molecule has 0 unspecified atom stereocenters. The van der Waals surface area contributed by atoms with Crippen molar-refractivity contribution in [1.82, 2.24) is 0 Å². The predicted molar refractivity (Wildman–Crippen MR) is 113 cm³/mol. The van der Waals surface area contributed by atoms with Gasteiger partial charge in [-0.1, -0.05) is 36.0 Å². The van der Waals surface area contributed by atoms with Gasteiger partial charge in [0.05, 0.1) is 13.7 Å². The van der Waals surface area contributed by atoms with Gasteiger partial charge in [-0.25, -0.2) is 0 Å². The van der Waals surface area contributed by atoms with Crippen molar-refractivity contribution in [3.63, 3.8) is 0 Å². The molecular formula is C22H22O10S. The lowest BCUT2D eigenvalue weighted by molar-refractivity contribution is -0.213. The van der Waals surface area contributed by atoms with Crippen molar-refractivity contribution in [2.24, 2.45) is 0 Å². The SMILES string of the molecule is COC1=C(S[C@@H]2OC[C@H](OC(C)=O)[C@H](OC(C)=O)[C@H]2OC(C)=O)C(=O)c2ccccc2C1=O. The predicted octanol–water partition coefficient (Wildman–Crippen LogP) is 1.81. The third-order valence-corrected chi connectivity index (χ3v) is 6.02. The highest BCUT2D eigenvalue weighted by molar-refractivity contribution is 8.04. The number of allylic oxidation sites excluding steroid dienone is 2. The summed E-state index contributed by atoms with van der Waals surface area (Å²) in [6, 6.07) is 6.31. The fourth-order valence-corrected chi connectivity index (χ4v) is 4.77. The fraction of sp³-hybridized carbons (Fsp3) is 0.409. The fourth-order valence-electron chi connectivity index (χ4n) is 3.55. The topological polar surface area (TPSA) is 132 Å². The number of esters is 3. The summed E-state index contributed by atoms with van der Waals surface area (Å²) in [5.74, 6) is -3.20. The zero-order chi connectivity index (χ0) is 24.3. The van der Waals surface area contributed by atoms with E-state index in [0.29, 0.717) is 0 Å². The molecule has 0 bridgehead atoms. The van der Waals surface area contributed by atoms with Crippen LogP contribution in [0.4, 0.5) is 0 Å². The first-order chi connectivity index (χ1) is 15.6. The molecule has 0 saturated carbocycles. The number of fused-ring (bicyclic) bond motifs is 1. The number of rotatable bonds is 6. The molecule has 1 aromatic carbocycles.